The normalized spacial score (nSPS) is 18.3. The predicted octanol–water partition coefficient (Wildman–Crippen LogP) is 3.86. The molecule has 0 saturated carbocycles. The van der Waals surface area contributed by atoms with Gasteiger partial charge in [-0.25, -0.2) is 0 Å². The molecule has 2 aromatic rings. The van der Waals surface area contributed by atoms with Gasteiger partial charge in [-0.1, -0.05) is 53.6 Å². The molecule has 1 aliphatic heterocycles. The van der Waals surface area contributed by atoms with E-state index in [0.29, 0.717) is 30.3 Å². The van der Waals surface area contributed by atoms with E-state index in [1.165, 1.54) is 5.56 Å². The molecule has 1 atom stereocenters. The van der Waals surface area contributed by atoms with Gasteiger partial charge in [0.1, 0.15) is 6.10 Å². The molecule has 1 saturated heterocycles. The van der Waals surface area contributed by atoms with Gasteiger partial charge in [-0.3, -0.25) is 4.79 Å². The van der Waals surface area contributed by atoms with E-state index in [1.807, 2.05) is 17.0 Å². The van der Waals surface area contributed by atoms with E-state index in [2.05, 4.69) is 31.2 Å². The Morgan fingerprint density at radius 3 is 2.64 bits per heavy atom. The molecule has 0 N–H and O–H groups in total. The smallest absolute Gasteiger partial charge is 0.255 e. The molecule has 3 nitrogen and oxygen atoms in total. The lowest BCUT2D eigenvalue weighted by molar-refractivity contribution is -0.0228. The maximum Gasteiger partial charge on any atom is 0.255 e. The van der Waals surface area contributed by atoms with Gasteiger partial charge in [-0.05, 0) is 24.6 Å². The minimum atomic E-state index is -0.0826. The van der Waals surface area contributed by atoms with Crippen LogP contribution in [0.1, 0.15) is 27.6 Å². The van der Waals surface area contributed by atoms with E-state index in [9.17, 15) is 4.79 Å². The molecule has 0 aliphatic carbocycles. The summed E-state index contributed by atoms with van der Waals surface area (Å²) in [6.07, 6.45) is -0.0826. The first kappa shape index (κ1) is 15.1. The maximum absolute atomic E-state index is 12.6. The van der Waals surface area contributed by atoms with Gasteiger partial charge in [0.2, 0.25) is 0 Å². The van der Waals surface area contributed by atoms with Crippen LogP contribution in [0, 0.1) is 6.92 Å². The molecule has 1 fully saturated rings. The first-order valence-electron chi connectivity index (χ1n) is 7.37. The molecular formula is C18H18ClNO2. The van der Waals surface area contributed by atoms with Crippen molar-refractivity contribution in [2.45, 2.75) is 13.0 Å². The minimum Gasteiger partial charge on any atom is -0.370 e. The van der Waals surface area contributed by atoms with Gasteiger partial charge in [0.15, 0.2) is 0 Å². The zero-order valence-corrected chi connectivity index (χ0v) is 13.2. The maximum atomic E-state index is 12.6. The predicted molar refractivity (Wildman–Crippen MR) is 87.2 cm³/mol. The molecule has 4 heteroatoms. The summed E-state index contributed by atoms with van der Waals surface area (Å²) in [5, 5.41) is 0.492. The van der Waals surface area contributed by atoms with Crippen molar-refractivity contribution in [3.8, 4) is 0 Å². The highest BCUT2D eigenvalue weighted by Gasteiger charge is 2.26. The molecular weight excluding hydrogens is 298 g/mol. The average molecular weight is 316 g/mol. The van der Waals surface area contributed by atoms with Gasteiger partial charge in [0.05, 0.1) is 23.7 Å². The number of carbonyl (C=O) groups excluding carboxylic acids is 1. The molecule has 0 aromatic heterocycles. The number of ether oxygens (including phenoxy) is 1. The average Bonchev–Trinajstić information content (AvgIpc) is 2.55. The summed E-state index contributed by atoms with van der Waals surface area (Å²) >= 11 is 6.13. The van der Waals surface area contributed by atoms with Crippen LogP contribution in [0.15, 0.2) is 48.5 Å². The van der Waals surface area contributed by atoms with Crippen molar-refractivity contribution >= 4 is 17.5 Å². The number of carbonyl (C=O) groups is 1. The summed E-state index contributed by atoms with van der Waals surface area (Å²) in [5.74, 6) is -0.0361. The van der Waals surface area contributed by atoms with Crippen molar-refractivity contribution in [1.29, 1.82) is 0 Å². The fourth-order valence-corrected chi connectivity index (χ4v) is 2.84. The van der Waals surface area contributed by atoms with E-state index in [1.54, 1.807) is 12.1 Å². The zero-order valence-electron chi connectivity index (χ0n) is 12.5. The lowest BCUT2D eigenvalue weighted by atomic mass is 10.1. The summed E-state index contributed by atoms with van der Waals surface area (Å²) in [7, 11) is 0. The second-order valence-corrected chi connectivity index (χ2v) is 5.91. The second-order valence-electron chi connectivity index (χ2n) is 5.50. The quantitative estimate of drug-likeness (QED) is 0.842. The summed E-state index contributed by atoms with van der Waals surface area (Å²) in [5.41, 5.74) is 2.86. The minimum absolute atomic E-state index is 0.0361. The lowest BCUT2D eigenvalue weighted by Crippen LogP contribution is -2.42. The fraction of sp³-hybridized carbons (Fsp3) is 0.278. The highest BCUT2D eigenvalue weighted by atomic mass is 35.5. The zero-order chi connectivity index (χ0) is 15.5. The van der Waals surface area contributed by atoms with Crippen LogP contribution in [0.25, 0.3) is 0 Å². The Labute approximate surface area is 135 Å². The molecule has 1 heterocycles. The Kier molecular flexibility index (Phi) is 4.46. The lowest BCUT2D eigenvalue weighted by Gasteiger charge is -2.33. The molecule has 114 valence electrons. The summed E-state index contributed by atoms with van der Waals surface area (Å²) in [6, 6.07) is 15.4. The van der Waals surface area contributed by atoms with Crippen LogP contribution >= 0.6 is 11.6 Å². The number of aryl methyl sites for hydroxylation is 1. The Hall–Kier alpha value is -1.84. The Morgan fingerprint density at radius 2 is 1.91 bits per heavy atom. The van der Waals surface area contributed by atoms with E-state index >= 15 is 0 Å². The van der Waals surface area contributed by atoms with Crippen LogP contribution in [0.2, 0.25) is 5.02 Å². The van der Waals surface area contributed by atoms with Gasteiger partial charge in [0.25, 0.3) is 5.91 Å². The summed E-state index contributed by atoms with van der Waals surface area (Å²) in [6.45, 7) is 3.73. The molecule has 1 aliphatic rings. The first-order chi connectivity index (χ1) is 10.6. The summed E-state index contributed by atoms with van der Waals surface area (Å²) < 4.78 is 5.82. The SMILES string of the molecule is Cc1ccc(C2CN(C(=O)c3ccccc3Cl)CCO2)cc1. The fourth-order valence-electron chi connectivity index (χ4n) is 2.62. The number of amides is 1. The molecule has 1 amide bonds. The third kappa shape index (κ3) is 3.16. The number of benzene rings is 2. The van der Waals surface area contributed by atoms with Gasteiger partial charge >= 0.3 is 0 Å². The molecule has 0 bridgehead atoms. The van der Waals surface area contributed by atoms with Crippen molar-refractivity contribution in [3.05, 3.63) is 70.2 Å². The first-order valence-corrected chi connectivity index (χ1v) is 7.75. The highest BCUT2D eigenvalue weighted by Crippen LogP contribution is 2.25. The van der Waals surface area contributed by atoms with Crippen molar-refractivity contribution < 1.29 is 9.53 Å². The number of hydrogen-bond acceptors (Lipinski definition) is 2. The van der Waals surface area contributed by atoms with Crippen LogP contribution < -0.4 is 0 Å². The van der Waals surface area contributed by atoms with Crippen LogP contribution in [0.3, 0.4) is 0 Å². The number of rotatable bonds is 2. The van der Waals surface area contributed by atoms with E-state index < -0.39 is 0 Å². The van der Waals surface area contributed by atoms with E-state index in [-0.39, 0.29) is 12.0 Å². The van der Waals surface area contributed by atoms with Crippen LogP contribution in [-0.2, 0) is 4.74 Å². The second kappa shape index (κ2) is 6.51. The molecule has 2 aromatic carbocycles. The summed E-state index contributed by atoms with van der Waals surface area (Å²) in [4.78, 5) is 14.5. The number of nitrogens with zero attached hydrogens (tertiary/aromatic N) is 1. The monoisotopic (exact) mass is 315 g/mol. The van der Waals surface area contributed by atoms with Crippen molar-refractivity contribution in [2.24, 2.45) is 0 Å². The third-order valence-corrected chi connectivity index (χ3v) is 4.24. The molecule has 3 rings (SSSR count). The molecule has 1 unspecified atom stereocenters. The Bertz CT molecular complexity index is 669. The van der Waals surface area contributed by atoms with Crippen molar-refractivity contribution in [2.75, 3.05) is 19.7 Å². The number of morpholine rings is 1. The van der Waals surface area contributed by atoms with Crippen molar-refractivity contribution in [3.63, 3.8) is 0 Å². The van der Waals surface area contributed by atoms with Gasteiger partial charge in [-0.15, -0.1) is 0 Å². The number of hydrogen-bond donors (Lipinski definition) is 0. The standard InChI is InChI=1S/C18H18ClNO2/c1-13-6-8-14(9-7-13)17-12-20(10-11-22-17)18(21)15-4-2-3-5-16(15)19/h2-9,17H,10-12H2,1H3. The third-order valence-electron chi connectivity index (χ3n) is 3.91. The van der Waals surface area contributed by atoms with E-state index in [4.69, 9.17) is 16.3 Å². The number of halogens is 1. The molecule has 0 radical (unpaired) electrons. The Balaban J connectivity index is 1.77. The van der Waals surface area contributed by atoms with Gasteiger partial charge in [0, 0.05) is 6.54 Å². The van der Waals surface area contributed by atoms with Crippen LogP contribution in [0.5, 0.6) is 0 Å². The topological polar surface area (TPSA) is 29.5 Å². The van der Waals surface area contributed by atoms with E-state index in [0.717, 1.165) is 5.56 Å². The largest absolute Gasteiger partial charge is 0.370 e. The van der Waals surface area contributed by atoms with Crippen LogP contribution in [0.4, 0.5) is 0 Å². The van der Waals surface area contributed by atoms with Crippen molar-refractivity contribution in [1.82, 2.24) is 4.90 Å². The molecule has 22 heavy (non-hydrogen) atoms. The van der Waals surface area contributed by atoms with Gasteiger partial charge in [-0.2, -0.15) is 0 Å². The van der Waals surface area contributed by atoms with Gasteiger partial charge < -0.3 is 9.64 Å². The molecule has 0 spiro atoms. The Morgan fingerprint density at radius 1 is 1.18 bits per heavy atom. The van der Waals surface area contributed by atoms with Crippen LogP contribution in [-0.4, -0.2) is 30.5 Å². The highest BCUT2D eigenvalue weighted by molar-refractivity contribution is 6.33.